The zero-order valence-corrected chi connectivity index (χ0v) is 13.8. The zero-order valence-electron chi connectivity index (χ0n) is 12.1. The van der Waals surface area contributed by atoms with Gasteiger partial charge in [0.1, 0.15) is 11.9 Å². The molecule has 6 heteroatoms. The van der Waals surface area contributed by atoms with Crippen molar-refractivity contribution in [1.29, 1.82) is 0 Å². The Morgan fingerprint density at radius 2 is 2.26 bits per heavy atom. The van der Waals surface area contributed by atoms with Crippen LogP contribution in [-0.4, -0.2) is 17.6 Å². The van der Waals surface area contributed by atoms with Crippen molar-refractivity contribution in [2.75, 3.05) is 6.54 Å². The van der Waals surface area contributed by atoms with E-state index in [2.05, 4.69) is 5.32 Å². The van der Waals surface area contributed by atoms with Gasteiger partial charge in [-0.1, -0.05) is 0 Å². The van der Waals surface area contributed by atoms with Crippen LogP contribution in [0.3, 0.4) is 0 Å². The Morgan fingerprint density at radius 1 is 1.35 bits per heavy atom. The van der Waals surface area contributed by atoms with Crippen molar-refractivity contribution < 1.29 is 14.3 Å². The number of carbonyl (C=O) groups excluding carboxylic acids is 1. The van der Waals surface area contributed by atoms with Gasteiger partial charge in [0.25, 0.3) is 0 Å². The summed E-state index contributed by atoms with van der Waals surface area (Å²) < 4.78 is 5.33. The Balaban J connectivity index is 1.53. The van der Waals surface area contributed by atoms with E-state index < -0.39 is 6.10 Å². The molecule has 3 rings (SSSR count). The minimum atomic E-state index is -0.734. The second-order valence-electron chi connectivity index (χ2n) is 4.83. The zero-order chi connectivity index (χ0) is 16.1. The fourth-order valence-electron chi connectivity index (χ4n) is 1.98. The summed E-state index contributed by atoms with van der Waals surface area (Å²) >= 11 is 3.03. The van der Waals surface area contributed by atoms with Gasteiger partial charge in [-0.05, 0) is 52.7 Å². The van der Waals surface area contributed by atoms with Crippen LogP contribution in [0.25, 0.3) is 16.7 Å². The lowest BCUT2D eigenvalue weighted by molar-refractivity contribution is -0.116. The molecule has 3 heterocycles. The summed E-state index contributed by atoms with van der Waals surface area (Å²) in [5, 5.41) is 16.8. The van der Waals surface area contributed by atoms with Crippen molar-refractivity contribution in [3.05, 3.63) is 63.9 Å². The molecule has 0 bridgehead atoms. The number of nitrogens with one attached hydrogen (secondary N) is 1. The lowest BCUT2D eigenvalue weighted by Crippen LogP contribution is -2.26. The third-order valence-electron chi connectivity index (χ3n) is 3.16. The molecule has 4 nitrogen and oxygen atoms in total. The van der Waals surface area contributed by atoms with Crippen molar-refractivity contribution in [3.63, 3.8) is 0 Å². The van der Waals surface area contributed by atoms with Crippen LogP contribution in [-0.2, 0) is 4.79 Å². The first-order valence-electron chi connectivity index (χ1n) is 7.02. The Bertz CT molecular complexity index is 773. The Kier molecular flexibility index (Phi) is 5.07. The molecule has 23 heavy (non-hydrogen) atoms. The lowest BCUT2D eigenvalue weighted by Gasteiger charge is -2.08. The molecule has 0 aliphatic heterocycles. The number of hydrogen-bond acceptors (Lipinski definition) is 5. The summed E-state index contributed by atoms with van der Waals surface area (Å²) in [7, 11) is 0. The smallest absolute Gasteiger partial charge is 0.244 e. The molecule has 1 unspecified atom stereocenters. The molecule has 0 saturated heterocycles. The van der Waals surface area contributed by atoms with Gasteiger partial charge in [0.2, 0.25) is 5.91 Å². The quantitative estimate of drug-likeness (QED) is 0.665. The highest BCUT2D eigenvalue weighted by molar-refractivity contribution is 7.15. The van der Waals surface area contributed by atoms with Gasteiger partial charge in [-0.15, -0.1) is 11.3 Å². The van der Waals surface area contributed by atoms with Crippen LogP contribution in [0.5, 0.6) is 0 Å². The molecule has 3 aromatic heterocycles. The van der Waals surface area contributed by atoms with Gasteiger partial charge in [-0.2, -0.15) is 11.3 Å². The van der Waals surface area contributed by atoms with Crippen LogP contribution in [0.2, 0.25) is 0 Å². The molecule has 0 spiro atoms. The van der Waals surface area contributed by atoms with Gasteiger partial charge in [0.05, 0.1) is 11.1 Å². The maximum atomic E-state index is 11.7. The fraction of sp³-hybridized carbons (Fsp3) is 0.118. The molecule has 3 aromatic rings. The highest BCUT2D eigenvalue weighted by Crippen LogP contribution is 2.31. The predicted octanol–water partition coefficient (Wildman–Crippen LogP) is 3.93. The van der Waals surface area contributed by atoms with E-state index >= 15 is 0 Å². The SMILES string of the molecule is O=C(/C=C/c1ccsc1)NCC(O)c1ccc(-c2ccco2)s1. The fourth-order valence-corrected chi connectivity index (χ4v) is 3.57. The molecule has 0 aliphatic carbocycles. The summed E-state index contributed by atoms with van der Waals surface area (Å²) in [6.07, 6.45) is 4.10. The third-order valence-corrected chi connectivity index (χ3v) is 5.06. The first kappa shape index (κ1) is 15.7. The second-order valence-corrected chi connectivity index (χ2v) is 6.73. The third kappa shape index (κ3) is 4.19. The van der Waals surface area contributed by atoms with Crippen molar-refractivity contribution in [2.45, 2.75) is 6.10 Å². The van der Waals surface area contributed by atoms with E-state index in [4.69, 9.17) is 4.42 Å². The molecule has 118 valence electrons. The maximum Gasteiger partial charge on any atom is 0.244 e. The van der Waals surface area contributed by atoms with Gasteiger partial charge in [-0.3, -0.25) is 4.79 Å². The number of amides is 1. The van der Waals surface area contributed by atoms with Gasteiger partial charge in [-0.25, -0.2) is 0 Å². The van der Waals surface area contributed by atoms with Gasteiger partial charge in [0.15, 0.2) is 0 Å². The summed E-state index contributed by atoms with van der Waals surface area (Å²) in [6.45, 7) is 0.172. The number of hydrogen-bond donors (Lipinski definition) is 2. The molecule has 1 atom stereocenters. The summed E-state index contributed by atoms with van der Waals surface area (Å²) in [5.74, 6) is 0.550. The number of aliphatic hydroxyl groups is 1. The Hall–Kier alpha value is -2.15. The van der Waals surface area contributed by atoms with Crippen LogP contribution in [0.4, 0.5) is 0 Å². The highest BCUT2D eigenvalue weighted by atomic mass is 32.1. The van der Waals surface area contributed by atoms with Crippen LogP contribution in [0.1, 0.15) is 16.5 Å². The van der Waals surface area contributed by atoms with Crippen molar-refractivity contribution in [2.24, 2.45) is 0 Å². The number of thiophene rings is 2. The predicted molar refractivity (Wildman–Crippen MR) is 93.3 cm³/mol. The normalized spacial score (nSPS) is 12.6. The summed E-state index contributed by atoms with van der Waals surface area (Å²) in [6, 6.07) is 9.39. The molecule has 2 N–H and O–H groups in total. The number of rotatable bonds is 6. The molecule has 0 saturated carbocycles. The van der Waals surface area contributed by atoms with Crippen molar-refractivity contribution in [1.82, 2.24) is 5.32 Å². The van der Waals surface area contributed by atoms with E-state index in [1.807, 2.05) is 41.1 Å². The molecule has 0 radical (unpaired) electrons. The van der Waals surface area contributed by atoms with E-state index in [1.165, 1.54) is 17.4 Å². The molecule has 0 aromatic carbocycles. The largest absolute Gasteiger partial charge is 0.464 e. The van der Waals surface area contributed by atoms with Crippen LogP contribution in [0, 0.1) is 0 Å². The minimum Gasteiger partial charge on any atom is -0.464 e. The van der Waals surface area contributed by atoms with Crippen LogP contribution >= 0.6 is 22.7 Å². The average Bonchev–Trinajstić information content (AvgIpc) is 3.31. The van der Waals surface area contributed by atoms with E-state index in [-0.39, 0.29) is 12.5 Å². The van der Waals surface area contributed by atoms with Crippen molar-refractivity contribution in [3.8, 4) is 10.6 Å². The van der Waals surface area contributed by atoms with E-state index in [0.29, 0.717) is 0 Å². The number of carbonyl (C=O) groups is 1. The summed E-state index contributed by atoms with van der Waals surface area (Å²) in [5.41, 5.74) is 0.993. The van der Waals surface area contributed by atoms with Crippen molar-refractivity contribution >= 4 is 34.7 Å². The Labute approximate surface area is 141 Å². The first-order chi connectivity index (χ1) is 11.2. The van der Waals surface area contributed by atoms with Gasteiger partial charge < -0.3 is 14.8 Å². The lowest BCUT2D eigenvalue weighted by atomic mass is 10.2. The standard InChI is InChI=1S/C17H15NO3S2/c19-13(10-18-17(20)6-3-12-7-9-22-11-12)15-4-5-16(23-15)14-2-1-8-21-14/h1-9,11,13,19H,10H2,(H,18,20)/b6-3+. The van der Waals surface area contributed by atoms with E-state index in [1.54, 1.807) is 23.7 Å². The second kappa shape index (κ2) is 7.41. The molecular weight excluding hydrogens is 330 g/mol. The van der Waals surface area contributed by atoms with Crippen LogP contribution in [0.15, 0.2) is 57.8 Å². The topological polar surface area (TPSA) is 62.5 Å². The minimum absolute atomic E-state index is 0.172. The number of furan rings is 1. The maximum absolute atomic E-state index is 11.7. The van der Waals surface area contributed by atoms with Gasteiger partial charge in [0, 0.05) is 17.5 Å². The molecule has 0 aliphatic rings. The molecule has 0 fully saturated rings. The molecular formula is C17H15NO3S2. The monoisotopic (exact) mass is 345 g/mol. The first-order valence-corrected chi connectivity index (χ1v) is 8.78. The van der Waals surface area contributed by atoms with Crippen LogP contribution < -0.4 is 5.32 Å². The summed E-state index contributed by atoms with van der Waals surface area (Å²) in [4.78, 5) is 13.5. The number of aliphatic hydroxyl groups excluding tert-OH is 1. The van der Waals surface area contributed by atoms with E-state index in [9.17, 15) is 9.90 Å². The highest BCUT2D eigenvalue weighted by Gasteiger charge is 2.13. The van der Waals surface area contributed by atoms with E-state index in [0.717, 1.165) is 21.1 Å². The molecule has 1 amide bonds. The Morgan fingerprint density at radius 3 is 3.00 bits per heavy atom. The average molecular weight is 345 g/mol. The van der Waals surface area contributed by atoms with Gasteiger partial charge >= 0.3 is 0 Å².